The van der Waals surface area contributed by atoms with Crippen molar-refractivity contribution in [3.05, 3.63) is 100 Å². The van der Waals surface area contributed by atoms with Crippen LogP contribution in [0.5, 0.6) is 17.2 Å². The third-order valence-electron chi connectivity index (χ3n) is 6.46. The first-order valence-corrected chi connectivity index (χ1v) is 13.8. The summed E-state index contributed by atoms with van der Waals surface area (Å²) < 4.78 is 22.3. The van der Waals surface area contributed by atoms with Crippen LogP contribution < -0.4 is 30.3 Å². The zero-order valence-electron chi connectivity index (χ0n) is 24.5. The van der Waals surface area contributed by atoms with Crippen LogP contribution in [0.2, 0.25) is 0 Å². The van der Waals surface area contributed by atoms with Gasteiger partial charge in [0.05, 0.1) is 43.2 Å². The summed E-state index contributed by atoms with van der Waals surface area (Å²) in [5.41, 5.74) is 6.13. The summed E-state index contributed by atoms with van der Waals surface area (Å²) in [5, 5.41) is 28.7. The Kier molecular flexibility index (Phi) is 10.8. The molecule has 1 aliphatic heterocycles. The van der Waals surface area contributed by atoms with Crippen molar-refractivity contribution in [3.8, 4) is 23.3 Å². The average Bonchev–Trinajstić information content (AvgIpc) is 3.03. The third-order valence-corrected chi connectivity index (χ3v) is 6.46. The predicted octanol–water partition coefficient (Wildman–Crippen LogP) is 3.66. The van der Waals surface area contributed by atoms with Gasteiger partial charge in [-0.3, -0.25) is 5.43 Å². The van der Waals surface area contributed by atoms with Gasteiger partial charge in [-0.15, -0.1) is 0 Å². The lowest BCUT2D eigenvalue weighted by atomic mass is 9.95. The molecule has 4 N–H and O–H groups in total. The number of aliphatic hydroxyl groups is 1. The highest BCUT2D eigenvalue weighted by molar-refractivity contribution is 5.95. The Bertz CT molecular complexity index is 1580. The van der Waals surface area contributed by atoms with Crippen molar-refractivity contribution in [2.24, 2.45) is 5.10 Å². The molecule has 12 nitrogen and oxygen atoms in total. The molecular weight excluding hydrogens is 566 g/mol. The summed E-state index contributed by atoms with van der Waals surface area (Å²) >= 11 is 0. The van der Waals surface area contributed by atoms with Gasteiger partial charge in [0.15, 0.2) is 17.7 Å². The molecule has 12 heteroatoms. The topological polar surface area (TPSA) is 164 Å². The average molecular weight is 600 g/mol. The second kappa shape index (κ2) is 15.1. The number of methoxy groups -OCH3 is 1. The molecule has 2 amide bonds. The van der Waals surface area contributed by atoms with E-state index >= 15 is 0 Å². The molecule has 228 valence electrons. The number of benzene rings is 3. The Hall–Kier alpha value is -5.54. The maximum atomic E-state index is 12.4. The Morgan fingerprint density at radius 1 is 1.11 bits per heavy atom. The monoisotopic (exact) mass is 599 g/mol. The molecule has 0 saturated heterocycles. The highest BCUT2D eigenvalue weighted by atomic mass is 16.5. The SMILES string of the molecule is CCOc1cc([C@H]2NC(=O)NC(C)=C2C(=O)OC)ccc1OC[C@@H](O)N/N=C/c1cccc(OCc2ccc(C#N)cc2)c1. The minimum Gasteiger partial charge on any atom is -0.490 e. The molecule has 44 heavy (non-hydrogen) atoms. The van der Waals surface area contributed by atoms with E-state index < -0.39 is 24.3 Å². The van der Waals surface area contributed by atoms with Gasteiger partial charge < -0.3 is 34.7 Å². The van der Waals surface area contributed by atoms with Crippen LogP contribution in [-0.4, -0.2) is 49.9 Å². The summed E-state index contributed by atoms with van der Waals surface area (Å²) in [6.45, 7) is 3.96. The number of carbonyl (C=O) groups excluding carboxylic acids is 2. The number of urea groups is 1. The van der Waals surface area contributed by atoms with Gasteiger partial charge >= 0.3 is 12.0 Å². The van der Waals surface area contributed by atoms with Crippen molar-refractivity contribution < 1.29 is 33.6 Å². The van der Waals surface area contributed by atoms with E-state index in [1.807, 2.05) is 37.3 Å². The molecule has 0 unspecified atom stereocenters. The van der Waals surface area contributed by atoms with Gasteiger partial charge in [0, 0.05) is 5.70 Å². The molecule has 0 bridgehead atoms. The van der Waals surface area contributed by atoms with E-state index in [4.69, 9.17) is 24.2 Å². The molecule has 1 heterocycles. The normalized spacial score (nSPS) is 15.1. The van der Waals surface area contributed by atoms with Crippen LogP contribution in [0.3, 0.4) is 0 Å². The van der Waals surface area contributed by atoms with Gasteiger partial charge in [-0.1, -0.05) is 30.3 Å². The molecule has 1 aliphatic rings. The minimum atomic E-state index is -1.14. The summed E-state index contributed by atoms with van der Waals surface area (Å²) in [6, 6.07) is 20.3. The van der Waals surface area contributed by atoms with Crippen LogP contribution >= 0.6 is 0 Å². The lowest BCUT2D eigenvalue weighted by molar-refractivity contribution is -0.136. The van der Waals surface area contributed by atoms with Gasteiger partial charge in [-0.05, 0) is 66.9 Å². The number of hydrogen-bond acceptors (Lipinski definition) is 10. The highest BCUT2D eigenvalue weighted by Gasteiger charge is 2.32. The maximum absolute atomic E-state index is 12.4. The number of nitrogens with zero attached hydrogens (tertiary/aromatic N) is 2. The van der Waals surface area contributed by atoms with Crippen molar-refractivity contribution in [3.63, 3.8) is 0 Å². The Morgan fingerprint density at radius 2 is 1.91 bits per heavy atom. The summed E-state index contributed by atoms with van der Waals surface area (Å²) in [7, 11) is 1.27. The highest BCUT2D eigenvalue weighted by Crippen LogP contribution is 2.35. The predicted molar refractivity (Wildman–Crippen MR) is 161 cm³/mol. The van der Waals surface area contributed by atoms with E-state index in [-0.39, 0.29) is 12.2 Å². The number of carbonyl (C=O) groups is 2. The van der Waals surface area contributed by atoms with E-state index in [2.05, 4.69) is 27.2 Å². The molecule has 3 aromatic rings. The van der Waals surface area contributed by atoms with Crippen LogP contribution in [0.4, 0.5) is 4.79 Å². The van der Waals surface area contributed by atoms with Crippen LogP contribution in [-0.2, 0) is 16.1 Å². The second-order valence-corrected chi connectivity index (χ2v) is 9.58. The number of hydrogen-bond donors (Lipinski definition) is 4. The molecule has 4 rings (SSSR count). The number of aliphatic hydroxyl groups excluding tert-OH is 1. The summed E-state index contributed by atoms with van der Waals surface area (Å²) in [6.07, 6.45) is 0.399. The fourth-order valence-electron chi connectivity index (χ4n) is 4.35. The molecule has 0 saturated carbocycles. The van der Waals surface area contributed by atoms with Crippen molar-refractivity contribution in [2.75, 3.05) is 20.3 Å². The number of amides is 2. The van der Waals surface area contributed by atoms with Crippen LogP contribution in [0.25, 0.3) is 0 Å². The van der Waals surface area contributed by atoms with E-state index in [9.17, 15) is 14.7 Å². The van der Waals surface area contributed by atoms with Crippen molar-refractivity contribution in [1.29, 1.82) is 5.26 Å². The number of allylic oxidation sites excluding steroid dienone is 1. The maximum Gasteiger partial charge on any atom is 0.337 e. The van der Waals surface area contributed by atoms with E-state index in [0.717, 1.165) is 11.1 Å². The van der Waals surface area contributed by atoms with Crippen LogP contribution in [0.1, 0.15) is 42.1 Å². The molecule has 0 fully saturated rings. The van der Waals surface area contributed by atoms with Crippen LogP contribution in [0, 0.1) is 11.3 Å². The zero-order valence-corrected chi connectivity index (χ0v) is 24.5. The van der Waals surface area contributed by atoms with Gasteiger partial charge in [-0.2, -0.15) is 10.4 Å². The van der Waals surface area contributed by atoms with E-state index in [1.165, 1.54) is 7.11 Å². The Labute approximate surface area is 254 Å². The largest absolute Gasteiger partial charge is 0.490 e. The van der Waals surface area contributed by atoms with Crippen molar-refractivity contribution in [2.45, 2.75) is 32.7 Å². The summed E-state index contributed by atoms with van der Waals surface area (Å²) in [5.74, 6) is 0.791. The number of nitrogens with one attached hydrogen (secondary N) is 3. The molecule has 0 radical (unpaired) electrons. The standard InChI is InChI=1S/C32H33N5O7/c1-4-42-27-15-24(30-29(31(39)41-3)20(2)35-32(40)36-30)12-13-26(27)44-19-28(38)37-34-17-23-6-5-7-25(14-23)43-18-22-10-8-21(16-33)9-11-22/h5-15,17,28,30,37-38H,4,18-19H2,1-3H3,(H2,35,36,40)/b34-17+/t28-,30-/m1/s1. The Balaban J connectivity index is 1.34. The minimum absolute atomic E-state index is 0.152. The van der Waals surface area contributed by atoms with Gasteiger partial charge in [-0.25, -0.2) is 9.59 Å². The fraction of sp³-hybridized carbons (Fsp3) is 0.250. The van der Waals surface area contributed by atoms with Gasteiger partial charge in [0.25, 0.3) is 0 Å². The number of esters is 1. The zero-order chi connectivity index (χ0) is 31.5. The van der Waals surface area contributed by atoms with E-state index in [0.29, 0.717) is 47.3 Å². The fourth-order valence-corrected chi connectivity index (χ4v) is 4.35. The first kappa shape index (κ1) is 31.4. The third kappa shape index (κ3) is 8.27. The molecule has 0 aliphatic carbocycles. The molecule has 2 atom stereocenters. The molecule has 0 aromatic heterocycles. The Morgan fingerprint density at radius 3 is 2.64 bits per heavy atom. The van der Waals surface area contributed by atoms with Crippen LogP contribution in [0.15, 0.2) is 83.1 Å². The number of rotatable bonds is 13. The van der Waals surface area contributed by atoms with Gasteiger partial charge in [0.1, 0.15) is 19.0 Å². The lowest BCUT2D eigenvalue weighted by Gasteiger charge is -2.28. The molecular formula is C32H33N5O7. The quantitative estimate of drug-likeness (QED) is 0.0994. The number of nitriles is 1. The second-order valence-electron chi connectivity index (χ2n) is 9.58. The molecule has 0 spiro atoms. The molecule has 3 aromatic carbocycles. The van der Waals surface area contributed by atoms with Crippen molar-refractivity contribution >= 4 is 18.2 Å². The first-order chi connectivity index (χ1) is 21.3. The van der Waals surface area contributed by atoms with Gasteiger partial charge in [0.2, 0.25) is 0 Å². The summed E-state index contributed by atoms with van der Waals surface area (Å²) in [4.78, 5) is 24.6. The smallest absolute Gasteiger partial charge is 0.337 e. The number of ether oxygens (including phenoxy) is 4. The lowest BCUT2D eigenvalue weighted by Crippen LogP contribution is -2.45. The number of hydrazone groups is 1. The van der Waals surface area contributed by atoms with Crippen molar-refractivity contribution in [1.82, 2.24) is 16.1 Å². The van der Waals surface area contributed by atoms with E-state index in [1.54, 1.807) is 49.5 Å². The first-order valence-electron chi connectivity index (χ1n) is 13.8.